The van der Waals surface area contributed by atoms with Crippen molar-refractivity contribution in [2.45, 2.75) is 35.8 Å². The highest BCUT2D eigenvalue weighted by molar-refractivity contribution is 14.1. The first kappa shape index (κ1) is 15.7. The molecule has 0 fully saturated rings. The monoisotopic (exact) mass is 430 g/mol. The fourth-order valence-corrected chi connectivity index (χ4v) is 5.19. The summed E-state index contributed by atoms with van der Waals surface area (Å²) in [7, 11) is -3.51. The topological polar surface area (TPSA) is 79.9 Å². The van der Waals surface area contributed by atoms with Gasteiger partial charge < -0.3 is 4.98 Å². The average Bonchev–Trinajstić information content (AvgIpc) is 2.49. The molecular weight excluding hydrogens is 415 g/mol. The van der Waals surface area contributed by atoms with E-state index in [-0.39, 0.29) is 12.0 Å². The first-order chi connectivity index (χ1) is 10.3. The summed E-state index contributed by atoms with van der Waals surface area (Å²) < 4.78 is 25.5. The number of fused-ring (bicyclic) bond motifs is 1. The van der Waals surface area contributed by atoms with Crippen LogP contribution in [0.4, 0.5) is 0 Å². The largest absolute Gasteiger partial charge is 0.302 e. The maximum Gasteiger partial charge on any atom is 0.254 e. The fraction of sp³-hybridized carbons (Fsp3) is 0.333. The molecule has 1 aliphatic carbocycles. The highest BCUT2D eigenvalue weighted by atomic mass is 127. The third-order valence-corrected chi connectivity index (χ3v) is 7.27. The summed E-state index contributed by atoms with van der Waals surface area (Å²) in [5.74, 6) is 0. The molecule has 0 radical (unpaired) electrons. The van der Waals surface area contributed by atoms with Crippen LogP contribution in [0.1, 0.15) is 24.6 Å². The van der Waals surface area contributed by atoms with Gasteiger partial charge in [-0.15, -0.1) is 0 Å². The number of H-pyrrole nitrogens is 1. The summed E-state index contributed by atoms with van der Waals surface area (Å²) in [4.78, 5) is 19.4. The number of rotatable bonds is 2. The maximum atomic E-state index is 13.0. The number of hydrogen-bond donors (Lipinski definition) is 1. The van der Waals surface area contributed by atoms with E-state index in [2.05, 4.69) is 9.97 Å². The minimum absolute atomic E-state index is 0.193. The quantitative estimate of drug-likeness (QED) is 0.585. The van der Waals surface area contributed by atoms with Gasteiger partial charge in [0.2, 0.25) is 0 Å². The lowest BCUT2D eigenvalue weighted by molar-refractivity contribution is 0.476. The van der Waals surface area contributed by atoms with Gasteiger partial charge in [-0.2, -0.15) is 0 Å². The van der Waals surface area contributed by atoms with Crippen molar-refractivity contribution in [3.05, 3.63) is 55.8 Å². The Hall–Kier alpha value is -1.22. The second kappa shape index (κ2) is 5.45. The Labute approximate surface area is 142 Å². The molecule has 2 aromatic rings. The Morgan fingerprint density at radius 2 is 1.95 bits per heavy atom. The molecular formula is C15H15IN2O3S. The van der Waals surface area contributed by atoms with Gasteiger partial charge in [0.15, 0.2) is 13.7 Å². The predicted molar refractivity (Wildman–Crippen MR) is 91.6 cm³/mol. The number of hydrogen-bond acceptors (Lipinski definition) is 4. The van der Waals surface area contributed by atoms with E-state index in [4.69, 9.17) is 0 Å². The van der Waals surface area contributed by atoms with Gasteiger partial charge >= 0.3 is 0 Å². The molecule has 0 saturated carbocycles. The smallest absolute Gasteiger partial charge is 0.254 e. The molecule has 0 bridgehead atoms. The van der Waals surface area contributed by atoms with E-state index in [1.165, 1.54) is 0 Å². The number of nitrogens with zero attached hydrogens (tertiary/aromatic N) is 1. The molecule has 1 aliphatic rings. The van der Waals surface area contributed by atoms with Gasteiger partial charge in [0.05, 0.1) is 15.3 Å². The van der Waals surface area contributed by atoms with Crippen LogP contribution in [-0.2, 0) is 22.7 Å². The lowest BCUT2D eigenvalue weighted by Crippen LogP contribution is -2.43. The van der Waals surface area contributed by atoms with Gasteiger partial charge in [-0.05, 0) is 60.9 Å². The van der Waals surface area contributed by atoms with Crippen LogP contribution in [0.2, 0.25) is 0 Å². The maximum absolute atomic E-state index is 13.0. The number of nitrogens with one attached hydrogen (secondary N) is 1. The zero-order valence-electron chi connectivity index (χ0n) is 12.0. The summed E-state index contributed by atoms with van der Waals surface area (Å²) in [6, 6.07) is 8.42. The van der Waals surface area contributed by atoms with Crippen molar-refractivity contribution < 1.29 is 8.42 Å². The number of benzene rings is 1. The molecule has 0 aliphatic heterocycles. The summed E-state index contributed by atoms with van der Waals surface area (Å²) >= 11 is 1.96. The Bertz CT molecular complexity index is 877. The second-order valence-corrected chi connectivity index (χ2v) is 9.21. The first-order valence-corrected chi connectivity index (χ1v) is 9.47. The molecule has 1 unspecified atom stereocenters. The molecule has 1 heterocycles. The van der Waals surface area contributed by atoms with Crippen LogP contribution in [0.3, 0.4) is 0 Å². The molecule has 0 amide bonds. The molecule has 5 nitrogen and oxygen atoms in total. The Kier molecular flexibility index (Phi) is 3.88. The third kappa shape index (κ3) is 2.50. The van der Waals surface area contributed by atoms with Crippen molar-refractivity contribution >= 4 is 32.4 Å². The molecule has 0 spiro atoms. The summed E-state index contributed by atoms with van der Waals surface area (Å²) in [6.07, 6.45) is 1.15. The van der Waals surface area contributed by atoms with E-state index in [1.54, 1.807) is 37.3 Å². The normalized spacial score (nSPS) is 21.4. The van der Waals surface area contributed by atoms with Crippen molar-refractivity contribution in [3.8, 4) is 0 Å². The van der Waals surface area contributed by atoms with E-state index in [1.807, 2.05) is 22.6 Å². The lowest BCUT2D eigenvalue weighted by Gasteiger charge is -2.33. The van der Waals surface area contributed by atoms with E-state index >= 15 is 0 Å². The van der Waals surface area contributed by atoms with Crippen molar-refractivity contribution in [2.75, 3.05) is 0 Å². The zero-order chi connectivity index (χ0) is 16.0. The molecule has 1 atom stereocenters. The van der Waals surface area contributed by atoms with Gasteiger partial charge in [0.25, 0.3) is 5.56 Å². The van der Waals surface area contributed by atoms with E-state index in [0.29, 0.717) is 32.8 Å². The zero-order valence-corrected chi connectivity index (χ0v) is 14.9. The molecule has 1 N–H and O–H groups in total. The number of aromatic amines is 1. The minimum Gasteiger partial charge on any atom is -0.302 e. The SMILES string of the molecule is CC1(S(=O)(=O)c2ccccc2)CCc2nc(I)[nH]c(=O)c2C1. The van der Waals surface area contributed by atoms with Gasteiger partial charge in [-0.25, -0.2) is 13.4 Å². The van der Waals surface area contributed by atoms with Crippen LogP contribution < -0.4 is 5.56 Å². The number of aryl methyl sites for hydroxylation is 1. The predicted octanol–water partition coefficient (Wildman–Crippen LogP) is 2.10. The van der Waals surface area contributed by atoms with Crippen LogP contribution in [0.5, 0.6) is 0 Å². The van der Waals surface area contributed by atoms with Crippen LogP contribution in [0, 0.1) is 3.83 Å². The molecule has 116 valence electrons. The molecule has 3 rings (SSSR count). The summed E-state index contributed by atoms with van der Waals surface area (Å²) in [6.45, 7) is 1.72. The van der Waals surface area contributed by atoms with Crippen molar-refractivity contribution in [2.24, 2.45) is 0 Å². The molecule has 22 heavy (non-hydrogen) atoms. The number of aromatic nitrogens is 2. The lowest BCUT2D eigenvalue weighted by atomic mass is 9.88. The van der Waals surface area contributed by atoms with Crippen molar-refractivity contribution in [1.29, 1.82) is 0 Å². The molecule has 1 aromatic carbocycles. The highest BCUT2D eigenvalue weighted by Crippen LogP contribution is 2.36. The Morgan fingerprint density at radius 1 is 1.27 bits per heavy atom. The van der Waals surface area contributed by atoms with Crippen LogP contribution in [0.15, 0.2) is 40.0 Å². The second-order valence-electron chi connectivity index (χ2n) is 5.73. The fourth-order valence-electron chi connectivity index (χ4n) is 2.86. The van der Waals surface area contributed by atoms with E-state index in [0.717, 1.165) is 0 Å². The number of halogens is 1. The summed E-state index contributed by atoms with van der Waals surface area (Å²) in [5, 5.41) is 0. The molecule has 7 heteroatoms. The Morgan fingerprint density at radius 3 is 2.64 bits per heavy atom. The van der Waals surface area contributed by atoms with Gasteiger partial charge in [0, 0.05) is 5.56 Å². The van der Waals surface area contributed by atoms with Crippen LogP contribution in [-0.4, -0.2) is 23.1 Å². The molecule has 0 saturated heterocycles. The van der Waals surface area contributed by atoms with Gasteiger partial charge in [-0.3, -0.25) is 4.79 Å². The summed E-state index contributed by atoms with van der Waals surface area (Å²) in [5.41, 5.74) is 0.978. The van der Waals surface area contributed by atoms with Crippen molar-refractivity contribution in [3.63, 3.8) is 0 Å². The Balaban J connectivity index is 2.08. The van der Waals surface area contributed by atoms with Crippen LogP contribution >= 0.6 is 22.6 Å². The first-order valence-electron chi connectivity index (χ1n) is 6.91. The third-order valence-electron chi connectivity index (χ3n) is 4.22. The molecule has 1 aromatic heterocycles. The van der Waals surface area contributed by atoms with E-state index in [9.17, 15) is 13.2 Å². The standard InChI is InChI=1S/C15H15IN2O3S/c1-15(22(20,21)10-5-3-2-4-6-10)8-7-12-11(9-15)13(19)18-14(16)17-12/h2-6H,7-9H2,1H3,(H,17,18,19). The minimum atomic E-state index is -3.51. The van der Waals surface area contributed by atoms with Gasteiger partial charge in [-0.1, -0.05) is 18.2 Å². The number of sulfone groups is 1. The average molecular weight is 430 g/mol. The van der Waals surface area contributed by atoms with Crippen LogP contribution in [0.25, 0.3) is 0 Å². The van der Waals surface area contributed by atoms with Gasteiger partial charge in [0.1, 0.15) is 0 Å². The highest BCUT2D eigenvalue weighted by Gasteiger charge is 2.44. The van der Waals surface area contributed by atoms with Crippen molar-refractivity contribution in [1.82, 2.24) is 9.97 Å². The van der Waals surface area contributed by atoms with E-state index < -0.39 is 14.6 Å².